The molecule has 0 saturated heterocycles. The summed E-state index contributed by atoms with van der Waals surface area (Å²) in [5.74, 6) is -0.00736. The predicted molar refractivity (Wildman–Crippen MR) is 126 cm³/mol. The lowest BCUT2D eigenvalue weighted by atomic mass is 9.99. The third-order valence-corrected chi connectivity index (χ3v) is 11.3. The standard InChI is InChI=1S/C23H36N2O6Si/c1-9-29-20(26)11-10-17-12-19(25-13-16(4)21(27)24-22(25)28)31-18(17)14-30-32(7,8)23(5,6)15(2)3/h10-13,15,18-19H,9,14H2,1-8H3,(H,24,27,28)/b11-10+/t18-,19-/m1/s1. The van der Waals surface area contributed by atoms with Crippen molar-refractivity contribution in [3.63, 3.8) is 0 Å². The van der Waals surface area contributed by atoms with Gasteiger partial charge in [0.1, 0.15) is 6.10 Å². The van der Waals surface area contributed by atoms with Crippen LogP contribution < -0.4 is 11.2 Å². The Kier molecular flexibility index (Phi) is 8.25. The van der Waals surface area contributed by atoms with Crippen molar-refractivity contribution < 1.29 is 18.7 Å². The Balaban J connectivity index is 2.32. The van der Waals surface area contributed by atoms with E-state index in [0.717, 1.165) is 0 Å². The molecule has 178 valence electrons. The number of rotatable bonds is 9. The number of carbonyl (C=O) groups is 1. The van der Waals surface area contributed by atoms with Crippen LogP contribution in [0.25, 0.3) is 0 Å². The summed E-state index contributed by atoms with van der Waals surface area (Å²) in [7, 11) is -2.12. The molecule has 1 aromatic heterocycles. The average molecular weight is 465 g/mol. The molecular formula is C23H36N2O6Si. The summed E-state index contributed by atoms with van der Waals surface area (Å²) in [6, 6.07) is 0. The Bertz CT molecular complexity index is 1000. The summed E-state index contributed by atoms with van der Waals surface area (Å²) >= 11 is 0. The first-order chi connectivity index (χ1) is 14.8. The number of nitrogens with one attached hydrogen (secondary N) is 1. The van der Waals surface area contributed by atoms with Crippen LogP contribution in [0.2, 0.25) is 18.1 Å². The van der Waals surface area contributed by atoms with Crippen molar-refractivity contribution in [2.75, 3.05) is 13.2 Å². The van der Waals surface area contributed by atoms with E-state index in [0.29, 0.717) is 23.7 Å². The Hall–Kier alpha value is -2.23. The molecule has 32 heavy (non-hydrogen) atoms. The molecule has 1 aliphatic rings. The van der Waals surface area contributed by atoms with Crippen molar-refractivity contribution in [2.24, 2.45) is 5.92 Å². The summed E-state index contributed by atoms with van der Waals surface area (Å²) in [4.78, 5) is 38.2. The average Bonchev–Trinajstić information content (AvgIpc) is 3.10. The van der Waals surface area contributed by atoms with E-state index in [-0.39, 0.29) is 11.6 Å². The van der Waals surface area contributed by atoms with Gasteiger partial charge in [-0.3, -0.25) is 14.3 Å². The van der Waals surface area contributed by atoms with Gasteiger partial charge in [-0.15, -0.1) is 0 Å². The highest BCUT2D eigenvalue weighted by molar-refractivity contribution is 6.74. The van der Waals surface area contributed by atoms with Gasteiger partial charge in [-0.1, -0.05) is 27.7 Å². The molecule has 2 heterocycles. The molecule has 0 spiro atoms. The van der Waals surface area contributed by atoms with E-state index in [1.165, 1.54) is 16.8 Å². The molecule has 0 radical (unpaired) electrons. The molecule has 1 aliphatic heterocycles. The van der Waals surface area contributed by atoms with Gasteiger partial charge in [0.15, 0.2) is 14.5 Å². The molecule has 9 heteroatoms. The van der Waals surface area contributed by atoms with Gasteiger partial charge in [0, 0.05) is 17.8 Å². The van der Waals surface area contributed by atoms with Crippen molar-refractivity contribution in [1.82, 2.24) is 9.55 Å². The van der Waals surface area contributed by atoms with E-state index < -0.39 is 37.9 Å². The Labute approximate surface area is 190 Å². The molecule has 0 fully saturated rings. The second-order valence-electron chi connectivity index (χ2n) is 9.44. The van der Waals surface area contributed by atoms with Gasteiger partial charge >= 0.3 is 11.7 Å². The highest BCUT2D eigenvalue weighted by Gasteiger charge is 2.44. The summed E-state index contributed by atoms with van der Waals surface area (Å²) in [6.07, 6.45) is 5.01. The topological polar surface area (TPSA) is 99.6 Å². The molecule has 0 amide bonds. The summed E-state index contributed by atoms with van der Waals surface area (Å²) in [5.41, 5.74) is 0.120. The van der Waals surface area contributed by atoms with Crippen molar-refractivity contribution in [3.8, 4) is 0 Å². The zero-order chi connectivity index (χ0) is 24.3. The van der Waals surface area contributed by atoms with Gasteiger partial charge in [0.25, 0.3) is 5.56 Å². The van der Waals surface area contributed by atoms with Crippen LogP contribution in [0.3, 0.4) is 0 Å². The van der Waals surface area contributed by atoms with Gasteiger partial charge in [0.05, 0.1) is 13.2 Å². The number of nitrogens with zero attached hydrogens (tertiary/aromatic N) is 1. The predicted octanol–water partition coefficient (Wildman–Crippen LogP) is 3.45. The van der Waals surface area contributed by atoms with Crippen LogP contribution in [0.5, 0.6) is 0 Å². The van der Waals surface area contributed by atoms with Crippen LogP contribution in [0.4, 0.5) is 0 Å². The second kappa shape index (κ2) is 10.1. The highest BCUT2D eigenvalue weighted by atomic mass is 28.4. The maximum Gasteiger partial charge on any atom is 0.330 e. The molecule has 0 saturated carbocycles. The second-order valence-corrected chi connectivity index (χ2v) is 14.0. The Morgan fingerprint density at radius 3 is 2.59 bits per heavy atom. The summed E-state index contributed by atoms with van der Waals surface area (Å²) in [6.45, 7) is 17.1. The molecule has 0 unspecified atom stereocenters. The minimum absolute atomic E-state index is 0.0304. The van der Waals surface area contributed by atoms with Crippen molar-refractivity contribution in [3.05, 3.63) is 56.4 Å². The van der Waals surface area contributed by atoms with Crippen LogP contribution in [0.15, 0.2) is 39.6 Å². The monoisotopic (exact) mass is 464 g/mol. The molecular weight excluding hydrogens is 428 g/mol. The fraction of sp³-hybridized carbons (Fsp3) is 0.609. The minimum Gasteiger partial charge on any atom is -0.463 e. The van der Waals surface area contributed by atoms with Gasteiger partial charge in [-0.05, 0) is 55.6 Å². The highest BCUT2D eigenvalue weighted by Crippen LogP contribution is 2.45. The van der Waals surface area contributed by atoms with Gasteiger partial charge in [-0.2, -0.15) is 0 Å². The lowest BCUT2D eigenvalue weighted by Gasteiger charge is -2.43. The number of aryl methyl sites for hydroxylation is 1. The fourth-order valence-corrected chi connectivity index (χ4v) is 5.63. The van der Waals surface area contributed by atoms with Crippen LogP contribution in [-0.4, -0.2) is 43.2 Å². The first kappa shape index (κ1) is 26.0. The van der Waals surface area contributed by atoms with Gasteiger partial charge < -0.3 is 13.9 Å². The number of aromatic nitrogens is 2. The number of aromatic amines is 1. The number of hydrogen-bond donors (Lipinski definition) is 1. The number of carbonyl (C=O) groups excluding carboxylic acids is 1. The third-order valence-electron chi connectivity index (χ3n) is 6.72. The molecule has 1 N–H and O–H groups in total. The first-order valence-electron chi connectivity index (χ1n) is 11.0. The Morgan fingerprint density at radius 1 is 1.34 bits per heavy atom. The maximum absolute atomic E-state index is 12.3. The van der Waals surface area contributed by atoms with Crippen LogP contribution in [0.1, 0.15) is 46.4 Å². The van der Waals surface area contributed by atoms with Crippen LogP contribution in [-0.2, 0) is 18.7 Å². The number of hydrogen-bond acceptors (Lipinski definition) is 6. The number of esters is 1. The quantitative estimate of drug-likeness (QED) is 0.341. The van der Waals surface area contributed by atoms with Gasteiger partial charge in [-0.25, -0.2) is 9.59 Å². The lowest BCUT2D eigenvalue weighted by Crippen LogP contribution is -2.46. The van der Waals surface area contributed by atoms with Crippen LogP contribution >= 0.6 is 0 Å². The van der Waals surface area contributed by atoms with Crippen molar-refractivity contribution >= 4 is 14.3 Å². The van der Waals surface area contributed by atoms with E-state index in [9.17, 15) is 14.4 Å². The molecule has 0 bridgehead atoms. The Morgan fingerprint density at radius 2 is 2.00 bits per heavy atom. The zero-order valence-corrected chi connectivity index (χ0v) is 21.4. The molecule has 0 aliphatic carbocycles. The van der Waals surface area contributed by atoms with E-state index in [1.54, 1.807) is 26.0 Å². The third kappa shape index (κ3) is 5.76. The smallest absolute Gasteiger partial charge is 0.330 e. The molecule has 1 aromatic rings. The fourth-order valence-electron chi connectivity index (χ4n) is 3.30. The molecule has 0 aromatic carbocycles. The molecule has 8 nitrogen and oxygen atoms in total. The van der Waals surface area contributed by atoms with Gasteiger partial charge in [0.2, 0.25) is 0 Å². The number of H-pyrrole nitrogens is 1. The molecule has 2 atom stereocenters. The summed E-state index contributed by atoms with van der Waals surface area (Å²) < 4.78 is 18.9. The first-order valence-corrected chi connectivity index (χ1v) is 13.9. The largest absolute Gasteiger partial charge is 0.463 e. The summed E-state index contributed by atoms with van der Waals surface area (Å²) in [5, 5.41) is 0.0304. The maximum atomic E-state index is 12.3. The van der Waals surface area contributed by atoms with Crippen molar-refractivity contribution in [1.29, 1.82) is 0 Å². The van der Waals surface area contributed by atoms with Crippen LogP contribution in [0, 0.1) is 12.8 Å². The minimum atomic E-state index is -2.12. The van der Waals surface area contributed by atoms with E-state index in [4.69, 9.17) is 13.9 Å². The van der Waals surface area contributed by atoms with E-state index in [1.807, 2.05) is 0 Å². The van der Waals surface area contributed by atoms with E-state index >= 15 is 0 Å². The van der Waals surface area contributed by atoms with Crippen molar-refractivity contribution in [2.45, 2.75) is 72.0 Å². The molecule has 2 rings (SSSR count). The number of ether oxygens (including phenoxy) is 2. The lowest BCUT2D eigenvalue weighted by molar-refractivity contribution is -0.137. The van der Waals surface area contributed by atoms with E-state index in [2.05, 4.69) is 45.8 Å². The normalized spacial score (nSPS) is 19.6. The zero-order valence-electron chi connectivity index (χ0n) is 20.4. The SMILES string of the molecule is CCOC(=O)/C=C/C1=C[C@H](n2cc(C)c(=O)[nH]c2=O)O[C@@H]1CO[Si](C)(C)C(C)(C)C(C)C.